The molecule has 40 heavy (non-hydrogen) atoms. The highest BCUT2D eigenvalue weighted by molar-refractivity contribution is 6.32. The van der Waals surface area contributed by atoms with Gasteiger partial charge < -0.3 is 4.74 Å². The van der Waals surface area contributed by atoms with Crippen molar-refractivity contribution in [3.63, 3.8) is 0 Å². The number of carbonyl (C=O) groups is 1. The summed E-state index contributed by atoms with van der Waals surface area (Å²) in [5, 5.41) is 6.12. The Morgan fingerprint density at radius 1 is 0.875 bits per heavy atom. The lowest BCUT2D eigenvalue weighted by Crippen LogP contribution is -2.25. The van der Waals surface area contributed by atoms with Gasteiger partial charge in [-0.15, -0.1) is 6.58 Å². The minimum absolute atomic E-state index is 0.0375. The van der Waals surface area contributed by atoms with Gasteiger partial charge >= 0.3 is 0 Å². The zero-order valence-electron chi connectivity index (χ0n) is 21.2. The summed E-state index contributed by atoms with van der Waals surface area (Å²) in [5.41, 5.74) is 0.834. The average Bonchev–Trinajstić information content (AvgIpc) is 3.23. The summed E-state index contributed by atoms with van der Waals surface area (Å²) in [6.45, 7) is 5.49. The maximum Gasteiger partial charge on any atom is 0.280 e. The molecule has 1 amide bonds. The van der Waals surface area contributed by atoms with E-state index in [2.05, 4.69) is 11.7 Å². The Morgan fingerprint density at radius 2 is 1.55 bits per heavy atom. The lowest BCUT2D eigenvalue weighted by molar-refractivity contribution is -0.114. The Hall–Kier alpha value is -4.79. The van der Waals surface area contributed by atoms with Crippen LogP contribution in [0.2, 0.25) is 0 Å². The van der Waals surface area contributed by atoms with Crippen LogP contribution in [0.15, 0.2) is 84.0 Å². The number of hydrogen-bond acceptors (Lipinski definition) is 3. The minimum Gasteiger partial charge on any atom is -0.489 e. The fourth-order valence-corrected chi connectivity index (χ4v) is 4.50. The summed E-state index contributed by atoms with van der Waals surface area (Å²) in [6.07, 6.45) is 3.56. The number of ether oxygens (including phenoxy) is 1. The Kier molecular flexibility index (Phi) is 7.21. The summed E-state index contributed by atoms with van der Waals surface area (Å²) in [4.78, 5) is 13.0. The first-order valence-electron chi connectivity index (χ1n) is 12.2. The lowest BCUT2D eigenvalue weighted by atomic mass is 10.0. The molecule has 1 aliphatic rings. The summed E-state index contributed by atoms with van der Waals surface area (Å²) in [5.74, 6) is -11.4. The van der Waals surface area contributed by atoms with E-state index in [9.17, 15) is 26.7 Å². The van der Waals surface area contributed by atoms with Crippen molar-refractivity contribution in [3.8, 4) is 5.75 Å². The van der Waals surface area contributed by atoms with Crippen LogP contribution in [0.1, 0.15) is 23.6 Å². The van der Waals surface area contributed by atoms with Crippen LogP contribution in [0.25, 0.3) is 16.8 Å². The summed E-state index contributed by atoms with van der Waals surface area (Å²) < 4.78 is 75.8. The molecule has 1 heterocycles. The molecule has 0 fully saturated rings. The van der Waals surface area contributed by atoms with Gasteiger partial charge in [0.15, 0.2) is 23.3 Å². The van der Waals surface area contributed by atoms with Crippen molar-refractivity contribution in [2.45, 2.75) is 20.0 Å². The number of fused-ring (bicyclic) bond motifs is 1. The highest BCUT2D eigenvalue weighted by atomic mass is 19.2. The smallest absolute Gasteiger partial charge is 0.280 e. The molecular formula is C31H21F5N2O2. The number of benzene rings is 4. The maximum absolute atomic E-state index is 14.3. The van der Waals surface area contributed by atoms with E-state index >= 15 is 0 Å². The summed E-state index contributed by atoms with van der Waals surface area (Å²) in [7, 11) is 0. The van der Waals surface area contributed by atoms with Crippen molar-refractivity contribution in [1.29, 1.82) is 0 Å². The predicted molar refractivity (Wildman–Crippen MR) is 143 cm³/mol. The van der Waals surface area contributed by atoms with E-state index in [1.807, 2.05) is 42.5 Å². The predicted octanol–water partition coefficient (Wildman–Crippen LogP) is 7.65. The molecule has 1 aliphatic heterocycles. The third-order valence-electron chi connectivity index (χ3n) is 6.48. The van der Waals surface area contributed by atoms with Crippen molar-refractivity contribution in [3.05, 3.63) is 125 Å². The Bertz CT molecular complexity index is 1710. The van der Waals surface area contributed by atoms with Gasteiger partial charge in [-0.25, -0.2) is 22.0 Å². The molecular weight excluding hydrogens is 527 g/mol. The topological polar surface area (TPSA) is 41.9 Å². The second-order valence-electron chi connectivity index (χ2n) is 9.07. The molecule has 0 aromatic heterocycles. The Morgan fingerprint density at radius 3 is 2.27 bits per heavy atom. The second kappa shape index (κ2) is 10.8. The molecule has 202 valence electrons. The van der Waals surface area contributed by atoms with E-state index in [-0.39, 0.29) is 16.3 Å². The van der Waals surface area contributed by atoms with Crippen LogP contribution in [0.5, 0.6) is 5.75 Å². The Balaban J connectivity index is 1.43. The van der Waals surface area contributed by atoms with Gasteiger partial charge in [-0.05, 0) is 59.0 Å². The van der Waals surface area contributed by atoms with Crippen molar-refractivity contribution >= 4 is 34.2 Å². The molecule has 0 atom stereocenters. The van der Waals surface area contributed by atoms with E-state index < -0.39 is 40.7 Å². The molecule has 4 nitrogen and oxygen atoms in total. The van der Waals surface area contributed by atoms with Crippen LogP contribution in [0.4, 0.5) is 27.6 Å². The molecule has 0 radical (unpaired) electrons. The number of carbonyl (C=O) groups excluding carboxylic acids is 1. The first-order valence-corrected chi connectivity index (χ1v) is 12.2. The third-order valence-corrected chi connectivity index (χ3v) is 6.48. The van der Waals surface area contributed by atoms with Crippen LogP contribution in [-0.4, -0.2) is 11.6 Å². The highest BCUT2D eigenvalue weighted by Crippen LogP contribution is 2.34. The van der Waals surface area contributed by atoms with E-state index in [0.29, 0.717) is 24.3 Å². The molecule has 0 unspecified atom stereocenters. The zero-order valence-corrected chi connectivity index (χ0v) is 21.2. The molecule has 0 aliphatic carbocycles. The number of hydrogen-bond donors (Lipinski definition) is 0. The zero-order chi connectivity index (χ0) is 28.6. The van der Waals surface area contributed by atoms with Crippen molar-refractivity contribution in [2.24, 2.45) is 5.10 Å². The van der Waals surface area contributed by atoms with Gasteiger partial charge in [-0.1, -0.05) is 54.6 Å². The van der Waals surface area contributed by atoms with Crippen LogP contribution < -0.4 is 9.75 Å². The SMILES string of the molecule is C=CCc1cc(/C=C2/C(=O)N(c3c(F)c(F)c(F)c(F)c3F)N=C2C)ccc1OCc1cccc2ccccc12. The first kappa shape index (κ1) is 26.8. The van der Waals surface area contributed by atoms with Gasteiger partial charge in [0, 0.05) is 0 Å². The number of rotatable bonds is 7. The van der Waals surface area contributed by atoms with Crippen LogP contribution in [0, 0.1) is 29.1 Å². The number of amides is 1. The number of hydrazone groups is 1. The van der Waals surface area contributed by atoms with Gasteiger partial charge in [0.2, 0.25) is 5.82 Å². The molecule has 0 N–H and O–H groups in total. The first-order chi connectivity index (χ1) is 19.2. The van der Waals surface area contributed by atoms with Gasteiger partial charge in [-0.3, -0.25) is 4.79 Å². The van der Waals surface area contributed by atoms with Crippen LogP contribution in [-0.2, 0) is 17.8 Å². The van der Waals surface area contributed by atoms with Crippen molar-refractivity contribution in [2.75, 3.05) is 5.01 Å². The number of halogens is 5. The maximum atomic E-state index is 14.3. The van der Waals surface area contributed by atoms with Crippen LogP contribution in [0.3, 0.4) is 0 Å². The van der Waals surface area contributed by atoms with Crippen LogP contribution >= 0.6 is 0 Å². The Labute approximate surface area is 226 Å². The average molecular weight is 549 g/mol. The highest BCUT2D eigenvalue weighted by Gasteiger charge is 2.37. The summed E-state index contributed by atoms with van der Waals surface area (Å²) >= 11 is 0. The molecule has 0 saturated carbocycles. The van der Waals surface area contributed by atoms with Crippen molar-refractivity contribution < 1.29 is 31.5 Å². The minimum atomic E-state index is -2.32. The quantitative estimate of drug-likeness (QED) is 0.0783. The van der Waals surface area contributed by atoms with E-state index in [4.69, 9.17) is 4.74 Å². The van der Waals surface area contributed by atoms with E-state index in [0.717, 1.165) is 21.9 Å². The van der Waals surface area contributed by atoms with Gasteiger partial charge in [0.05, 0.1) is 11.3 Å². The molecule has 4 aromatic rings. The third kappa shape index (κ3) is 4.75. The molecule has 0 bridgehead atoms. The molecule has 0 saturated heterocycles. The molecule has 5 rings (SSSR count). The van der Waals surface area contributed by atoms with Gasteiger partial charge in [-0.2, -0.15) is 10.1 Å². The molecule has 9 heteroatoms. The number of nitrogens with zero attached hydrogens (tertiary/aromatic N) is 2. The monoisotopic (exact) mass is 548 g/mol. The standard InChI is InChI=1S/C31H21F5N2O2/c1-3-7-20-14-18(12-13-24(20)40-16-21-10-6-9-19-8-4-5-11-22(19)21)15-23-17(2)37-38(31(23)39)30-28(35)26(33)25(32)27(34)29(30)36/h3-6,8-15H,1,7,16H2,2H3/b23-15+. The normalized spacial score (nSPS) is 14.2. The van der Waals surface area contributed by atoms with Crippen molar-refractivity contribution in [1.82, 2.24) is 0 Å². The van der Waals surface area contributed by atoms with E-state index in [1.54, 1.807) is 24.3 Å². The second-order valence-corrected chi connectivity index (χ2v) is 9.07. The fraction of sp³-hybridized carbons (Fsp3) is 0.0968. The lowest BCUT2D eigenvalue weighted by Gasteiger charge is -2.15. The molecule has 0 spiro atoms. The van der Waals surface area contributed by atoms with Gasteiger partial charge in [0.25, 0.3) is 5.91 Å². The largest absolute Gasteiger partial charge is 0.489 e. The summed E-state index contributed by atoms with van der Waals surface area (Å²) in [6, 6.07) is 19.1. The number of anilines is 1. The molecule has 4 aromatic carbocycles. The fourth-order valence-electron chi connectivity index (χ4n) is 4.50. The van der Waals surface area contributed by atoms with E-state index in [1.165, 1.54) is 13.0 Å². The number of allylic oxidation sites excluding steroid dienone is 1. The van der Waals surface area contributed by atoms with Gasteiger partial charge in [0.1, 0.15) is 18.0 Å².